The number of esters is 1. The zero-order valence-electron chi connectivity index (χ0n) is 17.5. The van der Waals surface area contributed by atoms with Crippen molar-refractivity contribution in [3.8, 4) is 0 Å². The maximum atomic E-state index is 13.6. The largest absolute Gasteiger partial charge is 0.462 e. The number of aliphatic hydroxyl groups excluding tert-OH is 3. The van der Waals surface area contributed by atoms with Gasteiger partial charge < -0.3 is 29.9 Å². The fourth-order valence-electron chi connectivity index (χ4n) is 8.30. The summed E-state index contributed by atoms with van der Waals surface area (Å²) in [6, 6.07) is 0. The second-order valence-electron chi connectivity index (χ2n) is 10.6. The van der Waals surface area contributed by atoms with Crippen LogP contribution in [0.1, 0.15) is 46.5 Å². The summed E-state index contributed by atoms with van der Waals surface area (Å²) < 4.78 is 11.4. The van der Waals surface area contributed by atoms with Gasteiger partial charge in [-0.25, -0.2) is 0 Å². The van der Waals surface area contributed by atoms with Crippen LogP contribution >= 0.6 is 0 Å². The number of carbonyl (C=O) groups is 2. The minimum Gasteiger partial charge on any atom is -0.462 e. The molecule has 4 aliphatic carbocycles. The third-order valence-corrected chi connectivity index (χ3v) is 9.21. The molecule has 8 heteroatoms. The minimum atomic E-state index is -2.46. The van der Waals surface area contributed by atoms with Crippen molar-refractivity contribution < 1.29 is 39.5 Å². The number of ketones is 1. The highest BCUT2D eigenvalue weighted by molar-refractivity contribution is 6.05. The maximum Gasteiger partial charge on any atom is 0.302 e. The number of rotatable bonds is 1. The lowest BCUT2D eigenvalue weighted by molar-refractivity contribution is -0.507. The van der Waals surface area contributed by atoms with Crippen LogP contribution in [-0.4, -0.2) is 62.6 Å². The van der Waals surface area contributed by atoms with Crippen LogP contribution in [0.2, 0.25) is 0 Å². The van der Waals surface area contributed by atoms with Crippen molar-refractivity contribution in [2.75, 3.05) is 0 Å². The van der Waals surface area contributed by atoms with E-state index >= 15 is 0 Å². The predicted octanol–water partition coefficient (Wildman–Crippen LogP) is 0.265. The molecule has 6 fully saturated rings. The molecule has 0 aromatic carbocycles. The van der Waals surface area contributed by atoms with E-state index in [0.717, 1.165) is 0 Å². The highest BCUT2D eigenvalue weighted by Gasteiger charge is 2.89. The predicted molar refractivity (Wildman–Crippen MR) is 101 cm³/mol. The summed E-state index contributed by atoms with van der Waals surface area (Å²) in [4.78, 5) is 25.5. The van der Waals surface area contributed by atoms with E-state index < -0.39 is 76.1 Å². The Morgan fingerprint density at radius 1 is 1.17 bits per heavy atom. The highest BCUT2D eigenvalue weighted by Crippen LogP contribution is 2.77. The van der Waals surface area contributed by atoms with Gasteiger partial charge in [-0.2, -0.15) is 0 Å². The summed E-state index contributed by atoms with van der Waals surface area (Å²) in [5.74, 6) is -5.52. The Kier molecular flexibility index (Phi) is 3.92. The van der Waals surface area contributed by atoms with Crippen molar-refractivity contribution in [2.45, 2.75) is 76.8 Å². The molecule has 10 atom stereocenters. The first-order valence-corrected chi connectivity index (χ1v) is 10.7. The normalized spacial score (nSPS) is 55.8. The van der Waals surface area contributed by atoms with E-state index in [1.54, 1.807) is 0 Å². The van der Waals surface area contributed by atoms with Gasteiger partial charge in [-0.05, 0) is 42.6 Å². The average Bonchev–Trinajstić information content (AvgIpc) is 2.74. The van der Waals surface area contributed by atoms with Crippen LogP contribution in [0, 0.1) is 34.0 Å². The molecule has 0 amide bonds. The SMILES string of the molecule is C=C1C(=O)[C@]23[C@H](O)[C@H]1CC[C@H]2[C@]12[C@@H](OC(C)=O)CCC(C)(C)[C@H]1[C@H](O)[C@@]3(O)O[C@@H]2O. The zero-order valence-corrected chi connectivity index (χ0v) is 17.5. The minimum absolute atomic E-state index is 0.211. The van der Waals surface area contributed by atoms with Crippen LogP contribution in [0.15, 0.2) is 12.2 Å². The van der Waals surface area contributed by atoms with Gasteiger partial charge in [-0.15, -0.1) is 0 Å². The van der Waals surface area contributed by atoms with E-state index in [1.165, 1.54) is 6.92 Å². The van der Waals surface area contributed by atoms with Crippen LogP contribution in [-0.2, 0) is 19.1 Å². The third-order valence-electron chi connectivity index (χ3n) is 9.21. The van der Waals surface area contributed by atoms with Gasteiger partial charge in [-0.3, -0.25) is 9.59 Å². The molecule has 6 rings (SSSR count). The van der Waals surface area contributed by atoms with E-state index in [2.05, 4.69) is 6.58 Å². The molecule has 4 N–H and O–H groups in total. The lowest BCUT2D eigenvalue weighted by Crippen LogP contribution is -2.87. The monoisotopic (exact) mass is 422 g/mol. The van der Waals surface area contributed by atoms with E-state index in [4.69, 9.17) is 9.47 Å². The van der Waals surface area contributed by atoms with Gasteiger partial charge in [0.1, 0.15) is 17.6 Å². The Hall–Kier alpha value is -1.32. The third kappa shape index (κ3) is 1.84. The van der Waals surface area contributed by atoms with Crippen LogP contribution in [0.5, 0.6) is 0 Å². The first kappa shape index (κ1) is 20.6. The molecule has 8 nitrogen and oxygen atoms in total. The molecule has 0 aromatic rings. The topological polar surface area (TPSA) is 134 Å². The Bertz CT molecular complexity index is 852. The van der Waals surface area contributed by atoms with Crippen molar-refractivity contribution in [1.82, 2.24) is 0 Å². The summed E-state index contributed by atoms with van der Waals surface area (Å²) in [6.45, 7) is 9.02. The van der Waals surface area contributed by atoms with Gasteiger partial charge in [0.25, 0.3) is 0 Å². The lowest BCUT2D eigenvalue weighted by Gasteiger charge is -2.75. The van der Waals surface area contributed by atoms with Crippen molar-refractivity contribution in [2.24, 2.45) is 34.0 Å². The van der Waals surface area contributed by atoms with Crippen molar-refractivity contribution in [3.05, 3.63) is 12.2 Å². The lowest BCUT2D eigenvalue weighted by atomic mass is 9.35. The van der Waals surface area contributed by atoms with Crippen LogP contribution < -0.4 is 0 Å². The first-order chi connectivity index (χ1) is 13.9. The van der Waals surface area contributed by atoms with Crippen LogP contribution in [0.25, 0.3) is 0 Å². The van der Waals surface area contributed by atoms with Gasteiger partial charge in [0.15, 0.2) is 12.1 Å². The molecule has 2 spiro atoms. The van der Waals surface area contributed by atoms with E-state index in [0.29, 0.717) is 25.7 Å². The fourth-order valence-corrected chi connectivity index (χ4v) is 8.30. The van der Waals surface area contributed by atoms with Gasteiger partial charge in [0.2, 0.25) is 5.79 Å². The standard InChI is InChI=1S/C22H30O8/c1-9-11-5-6-12-20-13(29-10(2)23)7-8-19(3,4)14(20)17(26)22(28,30-18(20)27)21(12,15(9)24)16(11)25/h11-14,16-18,25-28H,1,5-8H2,2-4H3/t11-,12-,13-,14+,16+,17-,18-,20-,21-,22+/m0/s1. The Labute approximate surface area is 174 Å². The van der Waals surface area contributed by atoms with E-state index in [1.807, 2.05) is 13.8 Å². The van der Waals surface area contributed by atoms with Gasteiger partial charge in [-0.1, -0.05) is 20.4 Å². The molecule has 2 aliphatic heterocycles. The quantitative estimate of drug-likeness (QED) is 0.349. The summed E-state index contributed by atoms with van der Waals surface area (Å²) in [5, 5.41) is 45.8. The summed E-state index contributed by atoms with van der Waals surface area (Å²) >= 11 is 0. The maximum absolute atomic E-state index is 13.6. The number of aliphatic hydroxyl groups is 4. The van der Waals surface area contributed by atoms with Gasteiger partial charge >= 0.3 is 5.97 Å². The van der Waals surface area contributed by atoms with Gasteiger partial charge in [0, 0.05) is 18.8 Å². The molecule has 2 heterocycles. The highest BCUT2D eigenvalue weighted by atomic mass is 16.7. The summed E-state index contributed by atoms with van der Waals surface area (Å²) in [5.41, 5.74) is -3.53. The Morgan fingerprint density at radius 3 is 2.47 bits per heavy atom. The van der Waals surface area contributed by atoms with Crippen LogP contribution in [0.4, 0.5) is 0 Å². The van der Waals surface area contributed by atoms with Crippen molar-refractivity contribution >= 4 is 11.8 Å². The molecule has 2 saturated heterocycles. The number of Topliss-reactive ketones (excluding diaryl/α,β-unsaturated/α-hetero) is 1. The Morgan fingerprint density at radius 2 is 1.83 bits per heavy atom. The number of hydrogen-bond acceptors (Lipinski definition) is 8. The van der Waals surface area contributed by atoms with E-state index in [9.17, 15) is 30.0 Å². The Balaban J connectivity index is 1.82. The molecule has 166 valence electrons. The molecule has 4 saturated carbocycles. The molecule has 6 aliphatic rings. The zero-order chi connectivity index (χ0) is 22.0. The average molecular weight is 422 g/mol. The molecule has 0 radical (unpaired) electrons. The summed E-state index contributed by atoms with van der Waals surface area (Å²) in [7, 11) is 0. The van der Waals surface area contributed by atoms with Gasteiger partial charge in [0.05, 0.1) is 11.5 Å². The number of fused-ring (bicyclic) bond motifs is 2. The number of hydrogen-bond donors (Lipinski definition) is 4. The molecule has 0 unspecified atom stereocenters. The first-order valence-electron chi connectivity index (χ1n) is 10.7. The molecule has 30 heavy (non-hydrogen) atoms. The molecule has 0 aromatic heterocycles. The second kappa shape index (κ2) is 5.72. The summed E-state index contributed by atoms with van der Waals surface area (Å²) in [6.07, 6.45) is -3.39. The molecular formula is C22H30O8. The molecular weight excluding hydrogens is 392 g/mol. The number of carbonyl (C=O) groups excluding carboxylic acids is 2. The van der Waals surface area contributed by atoms with Crippen LogP contribution in [0.3, 0.4) is 0 Å². The van der Waals surface area contributed by atoms with E-state index in [-0.39, 0.29) is 5.57 Å². The molecule has 4 bridgehead atoms. The number of ether oxygens (including phenoxy) is 2. The van der Waals surface area contributed by atoms with Crippen molar-refractivity contribution in [1.29, 1.82) is 0 Å². The fraction of sp³-hybridized carbons (Fsp3) is 0.818. The smallest absolute Gasteiger partial charge is 0.302 e. The van der Waals surface area contributed by atoms with Crippen molar-refractivity contribution in [3.63, 3.8) is 0 Å². The second-order valence-corrected chi connectivity index (χ2v) is 10.6.